The number of carbonyl (C=O) groups is 7. The molecule has 12 rings (SSSR count). The van der Waals surface area contributed by atoms with Crippen LogP contribution in [0.25, 0.3) is 0 Å². The number of amides is 7. The molecular weight excluding hydrogens is 1380 g/mol. The van der Waals surface area contributed by atoms with Crippen LogP contribution in [-0.4, -0.2) is 142 Å². The zero-order valence-corrected chi connectivity index (χ0v) is 61.6. The van der Waals surface area contributed by atoms with E-state index < -0.39 is 53.2 Å². The van der Waals surface area contributed by atoms with E-state index in [9.17, 15) is 14.4 Å². The molecule has 1 atom stereocenters. The minimum Gasteiger partial charge on any atom is -0.484 e. The molecule has 3 aliphatic heterocycles. The lowest BCUT2D eigenvalue weighted by Crippen LogP contribution is -2.48. The summed E-state index contributed by atoms with van der Waals surface area (Å²) in [4.78, 5) is 108. The fourth-order valence-electron chi connectivity index (χ4n) is 12.4. The highest BCUT2D eigenvalue weighted by atomic mass is 16.6. The van der Waals surface area contributed by atoms with Gasteiger partial charge in [0.2, 0.25) is 0 Å². The Morgan fingerprint density at radius 2 is 0.587 bits per heavy atom. The van der Waals surface area contributed by atoms with E-state index in [0.717, 1.165) is 33.4 Å². The lowest BCUT2D eigenvalue weighted by molar-refractivity contribution is 0.0524. The molecule has 0 radical (unpaired) electrons. The van der Waals surface area contributed by atoms with Crippen molar-refractivity contribution in [3.8, 4) is 34.5 Å². The summed E-state index contributed by atoms with van der Waals surface area (Å²) in [7, 11) is 0. The van der Waals surface area contributed by atoms with Gasteiger partial charge in [0.25, 0.3) is 35.4 Å². The maximum Gasteiger partial charge on any atom is 0.407 e. The molecule has 7 amide bonds. The van der Waals surface area contributed by atoms with E-state index in [4.69, 9.17) is 33.2 Å². The molecule has 23 heteroatoms. The summed E-state index contributed by atoms with van der Waals surface area (Å²) in [6.07, 6.45) is -0.0404. The fraction of sp³-hybridized carbons (Fsp3) is 0.291. The first-order valence-electron chi connectivity index (χ1n) is 36.7. The van der Waals surface area contributed by atoms with E-state index in [-0.39, 0.29) is 192 Å². The summed E-state index contributed by atoms with van der Waals surface area (Å²) >= 11 is 0. The minimum atomic E-state index is -0.780. The smallest absolute Gasteiger partial charge is 0.407 e. The number of hydrogen-bond acceptors (Lipinski definition) is 16. The van der Waals surface area contributed by atoms with Crippen molar-refractivity contribution in [2.45, 2.75) is 84.9 Å². The molecule has 1 unspecified atom stereocenters. The van der Waals surface area contributed by atoms with E-state index in [1.54, 1.807) is 20.8 Å². The maximum absolute atomic E-state index is 15.7. The van der Waals surface area contributed by atoms with Crippen LogP contribution in [-0.2, 0) is 44.4 Å². The number of nitrogens with one attached hydrogen (secondary N) is 7. The van der Waals surface area contributed by atoms with Crippen LogP contribution in [0, 0.1) is 0 Å². The predicted octanol–water partition coefficient (Wildman–Crippen LogP) is 11.2. The van der Waals surface area contributed by atoms with Crippen LogP contribution in [0.5, 0.6) is 34.5 Å². The summed E-state index contributed by atoms with van der Waals surface area (Å²) in [5, 5.41) is 21.6. The number of hydrogen-bond donors (Lipinski definition) is 7. The maximum atomic E-state index is 15.7. The topological polar surface area (TPSA) is 275 Å². The minimum absolute atomic E-state index is 0.00132. The Kier molecular flexibility index (Phi) is 28.2. The van der Waals surface area contributed by atoms with E-state index in [0.29, 0.717) is 6.42 Å². The molecule has 0 aliphatic carbocycles. The van der Waals surface area contributed by atoms with Crippen molar-refractivity contribution in [1.29, 1.82) is 0 Å². The van der Waals surface area contributed by atoms with Crippen LogP contribution in [0.2, 0.25) is 0 Å². The Labute approximate surface area is 635 Å². The van der Waals surface area contributed by atoms with Gasteiger partial charge in [0, 0.05) is 84.6 Å². The second-order valence-corrected chi connectivity index (χ2v) is 27.3. The third-order valence-corrected chi connectivity index (χ3v) is 17.9. The highest BCUT2D eigenvalue weighted by Crippen LogP contribution is 2.40. The number of fused-ring (bicyclic) bond motifs is 18. The van der Waals surface area contributed by atoms with Crippen LogP contribution in [0.15, 0.2) is 218 Å². The van der Waals surface area contributed by atoms with Gasteiger partial charge in [0.15, 0.2) is 34.5 Å². The molecule has 0 aromatic heterocycles. The first-order valence-corrected chi connectivity index (χ1v) is 36.7. The highest BCUT2D eigenvalue weighted by molar-refractivity contribution is 6.05. The quantitative estimate of drug-likeness (QED) is 0.0311. The summed E-state index contributed by atoms with van der Waals surface area (Å²) in [6, 6.07) is 64.7. The van der Waals surface area contributed by atoms with Gasteiger partial charge in [-0.25, -0.2) is 4.79 Å². The zero-order chi connectivity index (χ0) is 76.2. The Balaban J connectivity index is 1.03. The lowest BCUT2D eigenvalue weighted by Gasteiger charge is -2.29. The first-order chi connectivity index (χ1) is 53.1. The molecule has 7 N–H and O–H groups in total. The van der Waals surface area contributed by atoms with Crippen molar-refractivity contribution in [1.82, 2.24) is 47.0 Å². The SMILES string of the molecule is CC(C)(C)OC(=O)NCCCC1CN2CCNC(=O)c3ccc(c(OCc4ccccc4)c3OCc3ccccc3)C(=O)NCCN(CCNC(=O)c3ccc(c(OCc4ccccc4)c3OCc3ccccc3)C(=O)NCC2)CCNC(=O)c2ccc(c(OCc3ccccc3)c2OCc2ccccc2)C(=O)N1. The summed E-state index contributed by atoms with van der Waals surface area (Å²) < 4.78 is 45.5. The number of rotatable bonds is 22. The van der Waals surface area contributed by atoms with Crippen molar-refractivity contribution >= 4 is 41.5 Å². The van der Waals surface area contributed by atoms with Gasteiger partial charge in [-0.2, -0.15) is 0 Å². The van der Waals surface area contributed by atoms with Crippen molar-refractivity contribution in [2.24, 2.45) is 0 Å². The van der Waals surface area contributed by atoms with E-state index >= 15 is 19.2 Å². The van der Waals surface area contributed by atoms with Gasteiger partial charge in [-0.05, 0) is 103 Å². The van der Waals surface area contributed by atoms with Crippen LogP contribution in [0.4, 0.5) is 4.79 Å². The number of ether oxygens (including phenoxy) is 7. The lowest BCUT2D eigenvalue weighted by atomic mass is 10.0. The summed E-state index contributed by atoms with van der Waals surface area (Å²) in [6.45, 7) is 6.27. The molecule has 9 aromatic carbocycles. The molecule has 566 valence electrons. The van der Waals surface area contributed by atoms with Crippen molar-refractivity contribution in [2.75, 3.05) is 78.5 Å². The standard InChI is InChI=1S/C86H93N9O14/c1-86(2,3)109-85(102)92-42-22-35-66-53-95-51-46-90-82(99)69-38-36-67(73(103-54-60-23-10-4-11-24-60)75(69)105-56-62-27-14-6-15-28-62)79(96)87-43-48-94(50-45-89-81(98)71-40-41-72(84(101)93-66)78(108-59-65-33-20-9-21-34-65)77(71)107-58-64-31-18-8-19-32-64)49-44-88-80(97)68-37-39-70(83(100)91-47-52-95)76(106-57-63-29-16-7-17-30-63)74(68)104-55-61-25-12-5-13-26-61/h4-21,23-34,36-41,66H,22,35,42-59H2,1-3H3,(H,87,96)(H,88,97)(H,89,98)(H,90,99)(H,91,100)(H,92,102)(H,93,101). The largest absolute Gasteiger partial charge is 0.484 e. The number of nitrogens with zero attached hydrogens (tertiary/aromatic N) is 2. The van der Waals surface area contributed by atoms with Crippen molar-refractivity contribution < 1.29 is 66.7 Å². The van der Waals surface area contributed by atoms with Crippen LogP contribution < -0.4 is 65.6 Å². The highest BCUT2D eigenvalue weighted by Gasteiger charge is 2.31. The molecule has 0 saturated heterocycles. The average Bonchev–Trinajstić information content (AvgIpc) is 0.803. The van der Waals surface area contributed by atoms with Gasteiger partial charge in [-0.1, -0.05) is 182 Å². The average molecular weight is 1480 g/mol. The van der Waals surface area contributed by atoms with Crippen molar-refractivity contribution in [3.05, 3.63) is 285 Å². The number of carbonyl (C=O) groups excluding carboxylic acids is 7. The van der Waals surface area contributed by atoms with Gasteiger partial charge >= 0.3 is 6.09 Å². The molecule has 0 saturated carbocycles. The summed E-state index contributed by atoms with van der Waals surface area (Å²) in [5.41, 5.74) is 4.29. The Hall–Kier alpha value is -12.2. The predicted molar refractivity (Wildman–Crippen MR) is 413 cm³/mol. The molecule has 3 aliphatic rings. The van der Waals surface area contributed by atoms with Gasteiger partial charge < -0.3 is 70.4 Å². The monoisotopic (exact) mass is 1480 g/mol. The van der Waals surface area contributed by atoms with Crippen LogP contribution in [0.1, 0.15) is 129 Å². The Morgan fingerprint density at radius 3 is 0.835 bits per heavy atom. The molecule has 3 heterocycles. The number of alkyl carbamates (subject to hydrolysis) is 1. The zero-order valence-electron chi connectivity index (χ0n) is 61.6. The first kappa shape index (κ1) is 77.9. The molecule has 9 aromatic rings. The molecule has 109 heavy (non-hydrogen) atoms. The second-order valence-electron chi connectivity index (χ2n) is 27.3. The van der Waals surface area contributed by atoms with Gasteiger partial charge in [0.05, 0.1) is 33.4 Å². The fourth-order valence-corrected chi connectivity index (χ4v) is 12.4. The van der Waals surface area contributed by atoms with Crippen molar-refractivity contribution in [3.63, 3.8) is 0 Å². The van der Waals surface area contributed by atoms with Crippen LogP contribution in [0.3, 0.4) is 0 Å². The molecular formula is C86H93N9O14. The third kappa shape index (κ3) is 23.1. The Morgan fingerprint density at radius 1 is 0.349 bits per heavy atom. The van der Waals surface area contributed by atoms with E-state index in [1.165, 1.54) is 36.4 Å². The second kappa shape index (κ2) is 39.4. The van der Waals surface area contributed by atoms with Gasteiger partial charge in [-0.3, -0.25) is 38.6 Å². The van der Waals surface area contributed by atoms with E-state index in [1.807, 2.05) is 192 Å². The van der Waals surface area contributed by atoms with Gasteiger partial charge in [0.1, 0.15) is 45.2 Å². The third-order valence-electron chi connectivity index (χ3n) is 17.9. The van der Waals surface area contributed by atoms with Gasteiger partial charge in [-0.15, -0.1) is 0 Å². The van der Waals surface area contributed by atoms with Crippen LogP contribution >= 0.6 is 0 Å². The Bertz CT molecular complexity index is 4340. The van der Waals surface area contributed by atoms with E-state index in [2.05, 4.69) is 37.2 Å². The molecule has 8 bridgehead atoms. The summed E-state index contributed by atoms with van der Waals surface area (Å²) in [5.74, 6) is -3.25. The molecule has 23 nitrogen and oxygen atoms in total. The molecule has 0 spiro atoms. The molecule has 0 fully saturated rings. The number of benzene rings is 9. The normalized spacial score (nSPS) is 16.3.